The minimum absolute atomic E-state index is 0.0400. The molecule has 2 aromatic carbocycles. The number of amides is 2. The lowest BCUT2D eigenvalue weighted by molar-refractivity contribution is -0.145. The maximum atomic E-state index is 12.7. The number of carbonyl (C=O) groups is 3. The van der Waals surface area contributed by atoms with E-state index in [4.69, 9.17) is 4.74 Å². The highest BCUT2D eigenvalue weighted by Crippen LogP contribution is 2.44. The van der Waals surface area contributed by atoms with E-state index in [2.05, 4.69) is 34.9 Å². The van der Waals surface area contributed by atoms with Gasteiger partial charge < -0.3 is 20.5 Å². The molecule has 7 heteroatoms. The van der Waals surface area contributed by atoms with E-state index in [0.29, 0.717) is 0 Å². The Morgan fingerprint density at radius 3 is 1.94 bits per heavy atom. The molecule has 1 aliphatic rings. The first-order valence-corrected chi connectivity index (χ1v) is 11.6. The van der Waals surface area contributed by atoms with Crippen LogP contribution in [0.5, 0.6) is 0 Å². The van der Waals surface area contributed by atoms with Crippen molar-refractivity contribution in [3.05, 3.63) is 59.7 Å². The molecule has 0 saturated heterocycles. The normalized spacial score (nSPS) is 14.6. The van der Waals surface area contributed by atoms with Crippen LogP contribution in [0.25, 0.3) is 11.1 Å². The average Bonchev–Trinajstić information content (AvgIpc) is 3.08. The fourth-order valence-corrected chi connectivity index (χ4v) is 4.31. The van der Waals surface area contributed by atoms with Crippen LogP contribution in [0.1, 0.15) is 58.1 Å². The van der Waals surface area contributed by atoms with Gasteiger partial charge >= 0.3 is 12.1 Å². The molecule has 34 heavy (non-hydrogen) atoms. The molecule has 1 aliphatic carbocycles. The number of hydrogen-bond donors (Lipinski definition) is 3. The van der Waals surface area contributed by atoms with Gasteiger partial charge in [0.25, 0.3) is 0 Å². The van der Waals surface area contributed by atoms with Gasteiger partial charge in [0.05, 0.1) is 0 Å². The van der Waals surface area contributed by atoms with Crippen molar-refractivity contribution >= 4 is 18.0 Å². The number of hydrogen-bond acceptors (Lipinski definition) is 4. The number of nitrogens with one attached hydrogen (secondary N) is 2. The molecule has 0 bridgehead atoms. The lowest BCUT2D eigenvalue weighted by atomic mass is 9.86. The molecule has 0 saturated carbocycles. The van der Waals surface area contributed by atoms with Gasteiger partial charge in [0.15, 0.2) is 0 Å². The molecule has 0 spiro atoms. The number of carbonyl (C=O) groups excluding carboxylic acids is 2. The second-order valence-electron chi connectivity index (χ2n) is 10.2. The van der Waals surface area contributed by atoms with Crippen molar-refractivity contribution in [3.8, 4) is 11.1 Å². The third kappa shape index (κ3) is 5.76. The van der Waals surface area contributed by atoms with Crippen LogP contribution in [0.3, 0.4) is 0 Å². The predicted octanol–water partition coefficient (Wildman–Crippen LogP) is 4.56. The zero-order valence-electron chi connectivity index (χ0n) is 20.4. The maximum absolute atomic E-state index is 12.7. The van der Waals surface area contributed by atoms with E-state index in [1.54, 1.807) is 20.8 Å². The van der Waals surface area contributed by atoms with Gasteiger partial charge in [-0.15, -0.1) is 0 Å². The average molecular weight is 467 g/mol. The highest BCUT2D eigenvalue weighted by atomic mass is 16.5. The molecule has 0 aliphatic heterocycles. The molecule has 0 radical (unpaired) electrons. The van der Waals surface area contributed by atoms with Gasteiger partial charge in [-0.25, -0.2) is 9.59 Å². The molecular weight excluding hydrogens is 432 g/mol. The van der Waals surface area contributed by atoms with Crippen LogP contribution in [0, 0.1) is 11.3 Å². The molecule has 3 rings (SSSR count). The molecule has 3 N–H and O–H groups in total. The molecule has 0 heterocycles. The molecular formula is C27H34N2O5. The number of aliphatic carboxylic acids is 1. The van der Waals surface area contributed by atoms with Crippen LogP contribution >= 0.6 is 0 Å². The maximum Gasteiger partial charge on any atom is 0.407 e. The van der Waals surface area contributed by atoms with E-state index in [1.165, 1.54) is 0 Å². The van der Waals surface area contributed by atoms with Crippen molar-refractivity contribution in [2.75, 3.05) is 6.61 Å². The smallest absolute Gasteiger partial charge is 0.407 e. The quantitative estimate of drug-likeness (QED) is 0.529. The molecule has 7 nitrogen and oxygen atoms in total. The van der Waals surface area contributed by atoms with E-state index in [0.717, 1.165) is 22.3 Å². The Morgan fingerprint density at radius 2 is 1.47 bits per heavy atom. The first-order chi connectivity index (χ1) is 16.0. The van der Waals surface area contributed by atoms with E-state index >= 15 is 0 Å². The third-order valence-corrected chi connectivity index (χ3v) is 6.28. The van der Waals surface area contributed by atoms with E-state index < -0.39 is 35.5 Å². The Bertz CT molecular complexity index is 1010. The lowest BCUT2D eigenvalue weighted by Crippen LogP contribution is -2.51. The fraction of sp³-hybridized carbons (Fsp3) is 0.444. The first-order valence-electron chi connectivity index (χ1n) is 11.6. The second kappa shape index (κ2) is 10.3. The molecule has 0 aromatic heterocycles. The number of ether oxygens (including phenoxy) is 1. The van der Waals surface area contributed by atoms with E-state index in [1.807, 2.05) is 38.1 Å². The number of rotatable bonds is 8. The number of carboxylic acids is 1. The summed E-state index contributed by atoms with van der Waals surface area (Å²) in [5.41, 5.74) is 3.90. The Morgan fingerprint density at radius 1 is 0.941 bits per heavy atom. The topological polar surface area (TPSA) is 105 Å². The summed E-state index contributed by atoms with van der Waals surface area (Å²) in [6.45, 7) is 9.21. The summed E-state index contributed by atoms with van der Waals surface area (Å²) in [4.78, 5) is 36.8. The zero-order valence-corrected chi connectivity index (χ0v) is 20.4. The van der Waals surface area contributed by atoms with Crippen LogP contribution in [0.2, 0.25) is 0 Å². The highest BCUT2D eigenvalue weighted by Gasteiger charge is 2.34. The largest absolute Gasteiger partial charge is 0.480 e. The standard InChI is InChI=1S/C27H34N2O5/c1-16(2)22(14-23(30)29-24(25(31)32)27(3,4)5)28-26(33)34-15-21-19-12-8-6-10-17(19)18-11-7-9-13-20(18)21/h6-13,16,21-22,24H,14-15H2,1-5H3,(H,28,33)(H,29,30)(H,31,32)/t22?,24-/m1/s1. The third-order valence-electron chi connectivity index (χ3n) is 6.28. The fourth-order valence-electron chi connectivity index (χ4n) is 4.31. The van der Waals surface area contributed by atoms with Gasteiger partial charge in [-0.3, -0.25) is 4.79 Å². The van der Waals surface area contributed by atoms with Gasteiger partial charge in [0, 0.05) is 18.4 Å². The van der Waals surface area contributed by atoms with Gasteiger partial charge in [0.2, 0.25) is 5.91 Å². The summed E-state index contributed by atoms with van der Waals surface area (Å²) < 4.78 is 5.60. The first kappa shape index (κ1) is 25.3. The molecule has 2 aromatic rings. The Balaban J connectivity index is 1.62. The Kier molecular flexibility index (Phi) is 7.64. The molecule has 2 atom stereocenters. The summed E-state index contributed by atoms with van der Waals surface area (Å²) in [5, 5.41) is 14.8. The second-order valence-corrected chi connectivity index (χ2v) is 10.2. The van der Waals surface area contributed by atoms with Crippen LogP contribution in [-0.2, 0) is 14.3 Å². The van der Waals surface area contributed by atoms with Gasteiger partial charge in [-0.05, 0) is 33.6 Å². The summed E-state index contributed by atoms with van der Waals surface area (Å²) in [7, 11) is 0. The minimum atomic E-state index is -1.09. The van der Waals surface area contributed by atoms with Gasteiger partial charge in [-0.2, -0.15) is 0 Å². The van der Waals surface area contributed by atoms with Crippen molar-refractivity contribution < 1.29 is 24.2 Å². The van der Waals surface area contributed by atoms with Crippen LogP contribution in [0.15, 0.2) is 48.5 Å². The number of fused-ring (bicyclic) bond motifs is 3. The molecule has 182 valence electrons. The van der Waals surface area contributed by atoms with Crippen molar-refractivity contribution in [2.45, 2.75) is 59.0 Å². The van der Waals surface area contributed by atoms with Crippen molar-refractivity contribution in [3.63, 3.8) is 0 Å². The minimum Gasteiger partial charge on any atom is -0.480 e. The molecule has 0 fully saturated rings. The zero-order chi connectivity index (χ0) is 25.0. The molecule has 1 unspecified atom stereocenters. The highest BCUT2D eigenvalue weighted by molar-refractivity contribution is 5.85. The van der Waals surface area contributed by atoms with Crippen molar-refractivity contribution in [2.24, 2.45) is 11.3 Å². The van der Waals surface area contributed by atoms with Gasteiger partial charge in [0.1, 0.15) is 12.6 Å². The summed E-state index contributed by atoms with van der Waals surface area (Å²) in [6, 6.07) is 14.7. The monoisotopic (exact) mass is 466 g/mol. The Hall–Kier alpha value is -3.35. The summed E-state index contributed by atoms with van der Waals surface area (Å²) in [6.07, 6.45) is -0.638. The SMILES string of the molecule is CC(C)C(CC(=O)N[C@H](C(=O)O)C(C)(C)C)NC(=O)OCC1c2ccccc2-c2ccccc21. The van der Waals surface area contributed by atoms with Crippen molar-refractivity contribution in [1.29, 1.82) is 0 Å². The number of carboxylic acid groups (broad SMARTS) is 1. The van der Waals surface area contributed by atoms with Crippen molar-refractivity contribution in [1.82, 2.24) is 10.6 Å². The Labute approximate surface area is 200 Å². The summed E-state index contributed by atoms with van der Waals surface area (Å²) >= 11 is 0. The van der Waals surface area contributed by atoms with Crippen LogP contribution in [0.4, 0.5) is 4.79 Å². The van der Waals surface area contributed by atoms with Crippen LogP contribution < -0.4 is 10.6 Å². The lowest BCUT2D eigenvalue weighted by Gasteiger charge is -2.29. The van der Waals surface area contributed by atoms with E-state index in [9.17, 15) is 19.5 Å². The number of alkyl carbamates (subject to hydrolysis) is 1. The van der Waals surface area contributed by atoms with Gasteiger partial charge in [-0.1, -0.05) is 83.1 Å². The van der Waals surface area contributed by atoms with E-state index in [-0.39, 0.29) is 24.9 Å². The predicted molar refractivity (Wildman–Crippen MR) is 130 cm³/mol. The van der Waals surface area contributed by atoms with Crippen LogP contribution in [-0.4, -0.2) is 41.8 Å². The summed E-state index contributed by atoms with van der Waals surface area (Å²) in [5.74, 6) is -1.63. The molecule has 2 amide bonds. The number of benzene rings is 2.